The molecule has 0 saturated heterocycles. The fourth-order valence-electron chi connectivity index (χ4n) is 0.269. The van der Waals surface area contributed by atoms with Gasteiger partial charge in [0.2, 0.25) is 0 Å². The van der Waals surface area contributed by atoms with Crippen LogP contribution in [0.5, 0.6) is 0 Å². The molecule has 72 valence electrons. The fourth-order valence-corrected chi connectivity index (χ4v) is 0.269. The van der Waals surface area contributed by atoms with Crippen molar-refractivity contribution in [3.8, 4) is 0 Å². The summed E-state index contributed by atoms with van der Waals surface area (Å²) >= 11 is 0. The summed E-state index contributed by atoms with van der Waals surface area (Å²) in [5.41, 5.74) is 0. The Kier molecular flexibility index (Phi) is 11.5. The summed E-state index contributed by atoms with van der Waals surface area (Å²) in [6, 6.07) is 0. The van der Waals surface area contributed by atoms with Gasteiger partial charge in [0.1, 0.15) is 12.4 Å². The van der Waals surface area contributed by atoms with Crippen LogP contribution in [-0.4, -0.2) is 32.1 Å². The van der Waals surface area contributed by atoms with Crippen LogP contribution in [-0.2, 0) is 19.1 Å². The average molecular weight is 176 g/mol. The van der Waals surface area contributed by atoms with Crippen molar-refractivity contribution < 1.29 is 19.1 Å². The maximum absolute atomic E-state index is 10.0. The lowest BCUT2D eigenvalue weighted by atomic mass is 10.6. The number of carbonyl (C=O) groups excluding carboxylic acids is 2. The van der Waals surface area contributed by atoms with Gasteiger partial charge < -0.3 is 14.3 Å². The van der Waals surface area contributed by atoms with Gasteiger partial charge in [0.05, 0.1) is 6.61 Å². The van der Waals surface area contributed by atoms with Crippen LogP contribution in [0, 0.1) is 0 Å². The Morgan fingerprint density at radius 2 is 1.50 bits per heavy atom. The molecule has 0 aliphatic heterocycles. The average Bonchev–Trinajstić information content (AvgIpc) is 1.86. The van der Waals surface area contributed by atoms with E-state index in [1.165, 1.54) is 20.8 Å². The number of hydrogen-bond donors (Lipinski definition) is 0. The molecule has 4 heteroatoms. The number of Topliss-reactive ketones (excluding diaryl/α,β-unsaturated/α-hetero) is 1. The van der Waals surface area contributed by atoms with Crippen LogP contribution in [0.3, 0.4) is 0 Å². The van der Waals surface area contributed by atoms with Crippen molar-refractivity contribution in [1.82, 2.24) is 0 Å². The highest BCUT2D eigenvalue weighted by Crippen LogP contribution is 1.74. The van der Waals surface area contributed by atoms with Crippen LogP contribution in [0.4, 0.5) is 0 Å². The van der Waals surface area contributed by atoms with E-state index in [9.17, 15) is 9.59 Å². The standard InChI is InChI=1S/C5H10O3.C3H6O/c1-5(6)8-4-3-7-2;1-3(2)4/h3-4H2,1-2H3;1-2H3. The Balaban J connectivity index is 0. The lowest BCUT2D eigenvalue weighted by Gasteiger charge is -1.97. The first-order valence-electron chi connectivity index (χ1n) is 3.60. The van der Waals surface area contributed by atoms with Crippen molar-refractivity contribution in [1.29, 1.82) is 0 Å². The summed E-state index contributed by atoms with van der Waals surface area (Å²) in [5, 5.41) is 0. The molecule has 0 unspecified atom stereocenters. The second-order valence-corrected chi connectivity index (χ2v) is 2.24. The zero-order valence-corrected chi connectivity index (χ0v) is 8.05. The third-order valence-electron chi connectivity index (χ3n) is 0.593. The number of ketones is 1. The van der Waals surface area contributed by atoms with Crippen molar-refractivity contribution in [3.63, 3.8) is 0 Å². The smallest absolute Gasteiger partial charge is 0.302 e. The summed E-state index contributed by atoms with van der Waals surface area (Å²) in [6.45, 7) is 5.25. The first kappa shape index (κ1) is 13.7. The molecule has 0 spiro atoms. The van der Waals surface area contributed by atoms with E-state index < -0.39 is 0 Å². The highest BCUT2D eigenvalue weighted by Gasteiger charge is 1.88. The molecular weight excluding hydrogens is 160 g/mol. The van der Waals surface area contributed by atoms with Crippen LogP contribution < -0.4 is 0 Å². The molecule has 0 aliphatic carbocycles. The number of esters is 1. The monoisotopic (exact) mass is 176 g/mol. The Hall–Kier alpha value is -0.900. The molecule has 0 amide bonds. The van der Waals surface area contributed by atoms with Gasteiger partial charge in [-0.1, -0.05) is 0 Å². The van der Waals surface area contributed by atoms with Crippen LogP contribution in [0.1, 0.15) is 20.8 Å². The van der Waals surface area contributed by atoms with Gasteiger partial charge in [0.25, 0.3) is 0 Å². The van der Waals surface area contributed by atoms with Gasteiger partial charge in [-0.3, -0.25) is 4.79 Å². The van der Waals surface area contributed by atoms with Crippen molar-refractivity contribution in [2.45, 2.75) is 20.8 Å². The predicted octanol–water partition coefficient (Wildman–Crippen LogP) is 0.791. The van der Waals surface area contributed by atoms with Gasteiger partial charge >= 0.3 is 5.97 Å². The Bertz CT molecular complexity index is 127. The number of ether oxygens (including phenoxy) is 2. The molecule has 0 aromatic heterocycles. The molecular formula is C8H16O4. The highest BCUT2D eigenvalue weighted by atomic mass is 16.6. The van der Waals surface area contributed by atoms with Crippen LogP contribution in [0.15, 0.2) is 0 Å². The summed E-state index contributed by atoms with van der Waals surface area (Å²) in [6.07, 6.45) is 0. The van der Waals surface area contributed by atoms with Crippen LogP contribution in [0.25, 0.3) is 0 Å². The third kappa shape index (κ3) is 35.5. The van der Waals surface area contributed by atoms with Crippen molar-refractivity contribution in [2.24, 2.45) is 0 Å². The topological polar surface area (TPSA) is 52.6 Å². The molecule has 0 rings (SSSR count). The minimum Gasteiger partial charge on any atom is -0.463 e. The molecule has 0 aromatic carbocycles. The lowest BCUT2D eigenvalue weighted by molar-refractivity contribution is -0.142. The van der Waals surface area contributed by atoms with Crippen LogP contribution >= 0.6 is 0 Å². The summed E-state index contributed by atoms with van der Waals surface area (Å²) < 4.78 is 9.13. The van der Waals surface area contributed by atoms with Gasteiger partial charge in [-0.2, -0.15) is 0 Å². The summed E-state index contributed by atoms with van der Waals surface area (Å²) in [7, 11) is 1.56. The van der Waals surface area contributed by atoms with E-state index in [1.807, 2.05) is 0 Å². The normalized spacial score (nSPS) is 8.00. The van der Waals surface area contributed by atoms with Crippen LogP contribution in [0.2, 0.25) is 0 Å². The van der Waals surface area contributed by atoms with Gasteiger partial charge in [-0.15, -0.1) is 0 Å². The number of rotatable bonds is 3. The van der Waals surface area contributed by atoms with Crippen molar-refractivity contribution >= 4 is 11.8 Å². The number of carbonyl (C=O) groups is 2. The van der Waals surface area contributed by atoms with E-state index in [4.69, 9.17) is 0 Å². The minimum absolute atomic E-state index is 0.167. The predicted molar refractivity (Wildman–Crippen MR) is 44.9 cm³/mol. The maximum Gasteiger partial charge on any atom is 0.302 e. The largest absolute Gasteiger partial charge is 0.463 e. The number of methoxy groups -OCH3 is 1. The molecule has 0 bridgehead atoms. The van der Waals surface area contributed by atoms with E-state index in [-0.39, 0.29) is 11.8 Å². The van der Waals surface area contributed by atoms with Crippen molar-refractivity contribution in [3.05, 3.63) is 0 Å². The fraction of sp³-hybridized carbons (Fsp3) is 0.750. The van der Waals surface area contributed by atoms with E-state index in [1.54, 1.807) is 7.11 Å². The summed E-state index contributed by atoms with van der Waals surface area (Å²) in [4.78, 5) is 19.5. The van der Waals surface area contributed by atoms with Gasteiger partial charge in [-0.05, 0) is 13.8 Å². The minimum atomic E-state index is -0.262. The first-order valence-corrected chi connectivity index (χ1v) is 3.60. The van der Waals surface area contributed by atoms with Crippen molar-refractivity contribution in [2.75, 3.05) is 20.3 Å². The van der Waals surface area contributed by atoms with E-state index in [2.05, 4.69) is 9.47 Å². The number of hydrogen-bond acceptors (Lipinski definition) is 4. The Labute approximate surface area is 72.8 Å². The zero-order valence-electron chi connectivity index (χ0n) is 8.05. The van der Waals surface area contributed by atoms with Gasteiger partial charge in [0.15, 0.2) is 0 Å². The Morgan fingerprint density at radius 1 is 1.08 bits per heavy atom. The van der Waals surface area contributed by atoms with E-state index in [0.29, 0.717) is 13.2 Å². The third-order valence-corrected chi connectivity index (χ3v) is 0.593. The molecule has 0 N–H and O–H groups in total. The molecule has 12 heavy (non-hydrogen) atoms. The van der Waals surface area contributed by atoms with Gasteiger partial charge in [0, 0.05) is 14.0 Å². The first-order chi connectivity index (χ1) is 5.50. The highest BCUT2D eigenvalue weighted by molar-refractivity contribution is 5.72. The SMILES string of the molecule is CC(C)=O.COCCOC(C)=O. The molecule has 0 fully saturated rings. The molecule has 0 heterocycles. The second kappa shape index (κ2) is 10.1. The molecule has 0 saturated carbocycles. The van der Waals surface area contributed by atoms with Gasteiger partial charge in [-0.25, -0.2) is 0 Å². The molecule has 0 radical (unpaired) electrons. The van der Waals surface area contributed by atoms with E-state index in [0.717, 1.165) is 0 Å². The maximum atomic E-state index is 10.0. The molecule has 0 atom stereocenters. The zero-order chi connectivity index (χ0) is 9.98. The molecule has 0 aliphatic rings. The Morgan fingerprint density at radius 3 is 1.75 bits per heavy atom. The quantitative estimate of drug-likeness (QED) is 0.471. The lowest BCUT2D eigenvalue weighted by Crippen LogP contribution is -2.05. The molecule has 0 aromatic rings. The summed E-state index contributed by atoms with van der Waals surface area (Å²) in [5.74, 6) is -0.0953. The second-order valence-electron chi connectivity index (χ2n) is 2.24. The van der Waals surface area contributed by atoms with E-state index >= 15 is 0 Å². The molecule has 4 nitrogen and oxygen atoms in total.